The molecule has 1 amide bonds. The van der Waals surface area contributed by atoms with Gasteiger partial charge < -0.3 is 5.32 Å². The smallest absolute Gasteiger partial charge is 0.244 e. The fraction of sp³-hybridized carbons (Fsp3) is 0.368. The zero-order chi connectivity index (χ0) is 20.1. The summed E-state index contributed by atoms with van der Waals surface area (Å²) in [7, 11) is -3.49. The van der Waals surface area contributed by atoms with E-state index in [1.165, 1.54) is 22.3 Å². The summed E-state index contributed by atoms with van der Waals surface area (Å²) < 4.78 is 26.8. The van der Waals surface area contributed by atoms with Crippen LogP contribution >= 0.6 is 23.4 Å². The molecule has 0 bridgehead atoms. The van der Waals surface area contributed by atoms with E-state index in [0.717, 1.165) is 24.8 Å². The van der Waals surface area contributed by atoms with Crippen molar-refractivity contribution < 1.29 is 13.2 Å². The molecule has 0 saturated carbocycles. The number of piperidine rings is 1. The minimum Gasteiger partial charge on any atom is -0.325 e. The lowest BCUT2D eigenvalue weighted by Gasteiger charge is -2.25. The van der Waals surface area contributed by atoms with Crippen molar-refractivity contribution in [3.8, 4) is 0 Å². The van der Waals surface area contributed by atoms with Crippen molar-refractivity contribution in [3.05, 3.63) is 47.1 Å². The molecule has 0 aliphatic carbocycles. The molecule has 3 rings (SSSR count). The third-order valence-electron chi connectivity index (χ3n) is 4.55. The van der Waals surface area contributed by atoms with Crippen molar-refractivity contribution in [1.29, 1.82) is 0 Å². The number of thioether (sulfide) groups is 1. The average Bonchev–Trinajstić information content (AvgIpc) is 2.71. The molecule has 28 heavy (non-hydrogen) atoms. The van der Waals surface area contributed by atoms with Gasteiger partial charge in [-0.15, -0.1) is 0 Å². The van der Waals surface area contributed by atoms with Crippen molar-refractivity contribution in [2.75, 3.05) is 24.2 Å². The Labute approximate surface area is 174 Å². The number of sulfonamides is 1. The fourth-order valence-electron chi connectivity index (χ4n) is 2.93. The number of amides is 1. The Balaban J connectivity index is 1.58. The maximum absolute atomic E-state index is 12.6. The first-order valence-electron chi connectivity index (χ1n) is 9.02. The highest BCUT2D eigenvalue weighted by atomic mass is 35.5. The highest BCUT2D eigenvalue weighted by Gasteiger charge is 2.26. The number of carbonyl (C=O) groups is 1. The minimum atomic E-state index is -3.49. The van der Waals surface area contributed by atoms with Crippen LogP contribution in [0.4, 0.5) is 5.69 Å². The molecule has 1 aromatic heterocycles. The predicted octanol–water partition coefficient (Wildman–Crippen LogP) is 3.95. The van der Waals surface area contributed by atoms with E-state index < -0.39 is 10.0 Å². The summed E-state index contributed by atoms with van der Waals surface area (Å²) in [5.74, 6) is -0.0147. The second-order valence-corrected chi connectivity index (χ2v) is 9.89. The number of rotatable bonds is 6. The number of hydrogen-bond donors (Lipinski definition) is 1. The van der Waals surface area contributed by atoms with Crippen molar-refractivity contribution in [2.24, 2.45) is 0 Å². The van der Waals surface area contributed by atoms with Crippen LogP contribution in [0, 0.1) is 6.92 Å². The van der Waals surface area contributed by atoms with E-state index in [2.05, 4.69) is 10.3 Å². The van der Waals surface area contributed by atoms with E-state index in [-0.39, 0.29) is 16.6 Å². The molecular weight excluding hydrogens is 418 g/mol. The second kappa shape index (κ2) is 9.26. The van der Waals surface area contributed by atoms with Crippen LogP contribution in [0.1, 0.15) is 24.8 Å². The average molecular weight is 440 g/mol. The number of pyridine rings is 1. The Kier molecular flexibility index (Phi) is 6.98. The van der Waals surface area contributed by atoms with Crippen LogP contribution in [-0.4, -0.2) is 42.5 Å². The molecule has 6 nitrogen and oxygen atoms in total. The van der Waals surface area contributed by atoms with Crippen LogP contribution in [0.5, 0.6) is 0 Å². The Hall–Kier alpha value is -1.61. The third-order valence-corrected chi connectivity index (χ3v) is 7.79. The number of aromatic nitrogens is 1. The van der Waals surface area contributed by atoms with Crippen LogP contribution < -0.4 is 5.32 Å². The molecule has 1 saturated heterocycles. The highest BCUT2D eigenvalue weighted by molar-refractivity contribution is 7.99. The van der Waals surface area contributed by atoms with Gasteiger partial charge in [0.05, 0.1) is 10.8 Å². The van der Waals surface area contributed by atoms with Gasteiger partial charge in [0.25, 0.3) is 0 Å². The van der Waals surface area contributed by atoms with Gasteiger partial charge in [-0.1, -0.05) is 35.9 Å². The molecule has 150 valence electrons. The van der Waals surface area contributed by atoms with Crippen molar-refractivity contribution in [2.45, 2.75) is 36.1 Å². The zero-order valence-corrected chi connectivity index (χ0v) is 17.9. The van der Waals surface area contributed by atoms with Crippen LogP contribution in [-0.2, 0) is 14.8 Å². The Morgan fingerprint density at radius 1 is 1.21 bits per heavy atom. The van der Waals surface area contributed by atoms with E-state index in [1.54, 1.807) is 30.3 Å². The van der Waals surface area contributed by atoms with Crippen LogP contribution in [0.15, 0.2) is 46.5 Å². The van der Waals surface area contributed by atoms with Gasteiger partial charge in [-0.25, -0.2) is 13.4 Å². The van der Waals surface area contributed by atoms with Gasteiger partial charge in [0.15, 0.2) is 0 Å². The summed E-state index contributed by atoms with van der Waals surface area (Å²) in [6.45, 7) is 2.96. The minimum absolute atomic E-state index is 0.164. The summed E-state index contributed by atoms with van der Waals surface area (Å²) in [4.78, 5) is 16.6. The number of benzene rings is 1. The standard InChI is InChI=1S/C19H22ClN3O3S2/c1-14-16(20)6-5-7-17(14)22-18(24)13-27-19-9-8-15(12-21-19)28(25,26)23-10-3-2-4-11-23/h5-9,12H,2-4,10-11,13H2,1H3,(H,22,24). The summed E-state index contributed by atoms with van der Waals surface area (Å²) in [6, 6.07) is 8.53. The first-order chi connectivity index (χ1) is 13.4. The lowest BCUT2D eigenvalue weighted by atomic mass is 10.2. The normalized spacial score (nSPS) is 15.4. The monoisotopic (exact) mass is 439 g/mol. The first-order valence-corrected chi connectivity index (χ1v) is 11.8. The number of nitrogens with zero attached hydrogens (tertiary/aromatic N) is 2. The quantitative estimate of drug-likeness (QED) is 0.689. The molecule has 0 radical (unpaired) electrons. The summed E-state index contributed by atoms with van der Waals surface area (Å²) in [5, 5.41) is 4.01. The molecule has 0 spiro atoms. The Bertz CT molecular complexity index is 943. The number of nitrogens with one attached hydrogen (secondary N) is 1. The molecule has 0 unspecified atom stereocenters. The Morgan fingerprint density at radius 2 is 1.96 bits per heavy atom. The molecule has 1 aliphatic rings. The van der Waals surface area contributed by atoms with Crippen molar-refractivity contribution in [1.82, 2.24) is 9.29 Å². The maximum Gasteiger partial charge on any atom is 0.244 e. The van der Waals surface area contributed by atoms with E-state index in [9.17, 15) is 13.2 Å². The van der Waals surface area contributed by atoms with Crippen molar-refractivity contribution in [3.63, 3.8) is 0 Å². The number of hydrogen-bond acceptors (Lipinski definition) is 5. The zero-order valence-electron chi connectivity index (χ0n) is 15.5. The van der Waals surface area contributed by atoms with Gasteiger partial charge in [0.1, 0.15) is 4.90 Å². The third kappa shape index (κ3) is 5.05. The van der Waals surface area contributed by atoms with E-state index in [0.29, 0.717) is 28.8 Å². The Morgan fingerprint density at radius 3 is 2.64 bits per heavy atom. The van der Waals surface area contributed by atoms with Gasteiger partial charge in [-0.05, 0) is 49.6 Å². The molecule has 0 atom stereocenters. The molecule has 1 aromatic carbocycles. The van der Waals surface area contributed by atoms with Gasteiger partial charge in [-0.3, -0.25) is 4.79 Å². The molecular formula is C19H22ClN3O3S2. The molecule has 1 aliphatic heterocycles. The van der Waals surface area contributed by atoms with E-state index >= 15 is 0 Å². The topological polar surface area (TPSA) is 79.4 Å². The van der Waals surface area contributed by atoms with Gasteiger partial charge in [-0.2, -0.15) is 4.31 Å². The van der Waals surface area contributed by atoms with E-state index in [1.807, 2.05) is 6.92 Å². The predicted molar refractivity (Wildman–Crippen MR) is 112 cm³/mol. The lowest BCUT2D eigenvalue weighted by Crippen LogP contribution is -2.35. The second-order valence-electron chi connectivity index (χ2n) is 6.55. The highest BCUT2D eigenvalue weighted by Crippen LogP contribution is 2.25. The van der Waals surface area contributed by atoms with Crippen LogP contribution in [0.25, 0.3) is 0 Å². The number of halogens is 1. The summed E-state index contributed by atoms with van der Waals surface area (Å²) >= 11 is 7.31. The molecule has 2 heterocycles. The molecule has 1 N–H and O–H groups in total. The fourth-order valence-corrected chi connectivity index (χ4v) is 5.21. The van der Waals surface area contributed by atoms with Gasteiger partial charge >= 0.3 is 0 Å². The largest absolute Gasteiger partial charge is 0.325 e. The maximum atomic E-state index is 12.6. The van der Waals surface area contributed by atoms with E-state index in [4.69, 9.17) is 11.6 Å². The molecule has 9 heteroatoms. The molecule has 1 fully saturated rings. The van der Waals surface area contributed by atoms with Crippen LogP contribution in [0.3, 0.4) is 0 Å². The SMILES string of the molecule is Cc1c(Cl)cccc1NC(=O)CSc1ccc(S(=O)(=O)N2CCCCC2)cn1. The lowest BCUT2D eigenvalue weighted by molar-refractivity contribution is -0.113. The number of anilines is 1. The summed E-state index contributed by atoms with van der Waals surface area (Å²) in [6.07, 6.45) is 4.21. The summed E-state index contributed by atoms with van der Waals surface area (Å²) in [5.41, 5.74) is 1.49. The number of carbonyl (C=O) groups excluding carboxylic acids is 1. The van der Waals surface area contributed by atoms with Crippen LogP contribution in [0.2, 0.25) is 5.02 Å². The van der Waals surface area contributed by atoms with Crippen molar-refractivity contribution >= 4 is 45.0 Å². The van der Waals surface area contributed by atoms with Gasteiger partial charge in [0, 0.05) is 30.0 Å². The van der Waals surface area contributed by atoms with Gasteiger partial charge in [0.2, 0.25) is 15.9 Å². The first kappa shape index (κ1) is 21.1. The molecule has 2 aromatic rings.